The Labute approximate surface area is 176 Å². The molecular weight excluding hydrogens is 392 g/mol. The molecule has 1 aliphatic rings. The Morgan fingerprint density at radius 3 is 2.50 bits per heavy atom. The lowest BCUT2D eigenvalue weighted by Gasteiger charge is -2.33. The van der Waals surface area contributed by atoms with Crippen LogP contribution in [0, 0.1) is 10.1 Å². The number of likely N-dealkylation sites (tertiary alicyclic amines) is 1. The molecule has 1 heterocycles. The Hall–Kier alpha value is -2.88. The van der Waals surface area contributed by atoms with Crippen LogP contribution >= 0.6 is 0 Å². The lowest BCUT2D eigenvalue weighted by molar-refractivity contribution is -0.384. The molecule has 1 aromatic carbocycles. The molecule has 0 bridgehead atoms. The van der Waals surface area contributed by atoms with Crippen LogP contribution in [-0.2, 0) is 9.47 Å². The maximum atomic E-state index is 12.8. The van der Waals surface area contributed by atoms with Gasteiger partial charge in [0.05, 0.1) is 11.5 Å². The molecule has 10 nitrogen and oxygen atoms in total. The maximum Gasteiger partial charge on any atom is 0.407 e. The van der Waals surface area contributed by atoms with E-state index >= 15 is 0 Å². The number of methoxy groups -OCH3 is 1. The van der Waals surface area contributed by atoms with E-state index < -0.39 is 16.6 Å². The van der Waals surface area contributed by atoms with E-state index in [9.17, 15) is 19.7 Å². The zero-order valence-electron chi connectivity index (χ0n) is 17.9. The predicted octanol–water partition coefficient (Wildman–Crippen LogP) is 2.78. The van der Waals surface area contributed by atoms with Crippen LogP contribution in [0.3, 0.4) is 0 Å². The van der Waals surface area contributed by atoms with Crippen molar-refractivity contribution < 1.29 is 24.0 Å². The van der Waals surface area contributed by atoms with E-state index in [-0.39, 0.29) is 23.2 Å². The second kappa shape index (κ2) is 10.2. The molecule has 1 aromatic rings. The van der Waals surface area contributed by atoms with Crippen LogP contribution in [0.5, 0.6) is 0 Å². The molecule has 1 saturated heterocycles. The molecule has 10 heteroatoms. The number of rotatable bonds is 7. The van der Waals surface area contributed by atoms with Gasteiger partial charge in [0.2, 0.25) is 0 Å². The molecule has 0 aliphatic carbocycles. The second-order valence-corrected chi connectivity index (χ2v) is 8.12. The number of ether oxygens (including phenoxy) is 2. The molecule has 1 fully saturated rings. The Bertz CT molecular complexity index is 769. The van der Waals surface area contributed by atoms with Gasteiger partial charge in [-0.05, 0) is 45.7 Å². The van der Waals surface area contributed by atoms with E-state index in [2.05, 4.69) is 10.6 Å². The highest BCUT2D eigenvalue weighted by atomic mass is 16.6. The lowest BCUT2D eigenvalue weighted by atomic mass is 10.0. The molecule has 0 atom stereocenters. The predicted molar refractivity (Wildman–Crippen MR) is 112 cm³/mol. The van der Waals surface area contributed by atoms with Gasteiger partial charge in [0.1, 0.15) is 11.3 Å². The summed E-state index contributed by atoms with van der Waals surface area (Å²) in [6, 6.07) is 4.33. The average molecular weight is 422 g/mol. The summed E-state index contributed by atoms with van der Waals surface area (Å²) in [6.07, 6.45) is 0.701. The van der Waals surface area contributed by atoms with Gasteiger partial charge in [0.25, 0.3) is 11.6 Å². The number of nitrogens with one attached hydrogen (secondary N) is 2. The standard InChI is InChI=1S/C20H30N4O6/c1-20(2,3)30-19(26)22-15-7-10-23(11-8-15)18(25)14-5-6-16(21-9-12-29-4)17(13-14)24(27)28/h5-6,13,15,21H,7-12H2,1-4H3,(H,22,26). The van der Waals surface area contributed by atoms with Crippen LogP contribution in [0.4, 0.5) is 16.2 Å². The SMILES string of the molecule is COCCNc1ccc(C(=O)N2CCC(NC(=O)OC(C)(C)C)CC2)cc1[N+](=O)[O-]. The number of nitro benzene ring substituents is 1. The van der Waals surface area contributed by atoms with Gasteiger partial charge < -0.3 is 25.0 Å². The minimum absolute atomic E-state index is 0.0782. The average Bonchev–Trinajstić information content (AvgIpc) is 2.66. The molecule has 1 aliphatic heterocycles. The number of benzene rings is 1. The van der Waals surface area contributed by atoms with Crippen molar-refractivity contribution in [3.05, 3.63) is 33.9 Å². The number of carbonyl (C=O) groups is 2. The first-order valence-corrected chi connectivity index (χ1v) is 9.90. The van der Waals surface area contributed by atoms with Crippen LogP contribution in [-0.4, -0.2) is 66.8 Å². The molecule has 0 unspecified atom stereocenters. The largest absolute Gasteiger partial charge is 0.444 e. The fourth-order valence-corrected chi connectivity index (χ4v) is 3.14. The Morgan fingerprint density at radius 1 is 1.27 bits per heavy atom. The Kier molecular flexibility index (Phi) is 7.99. The summed E-state index contributed by atoms with van der Waals surface area (Å²) in [5, 5.41) is 17.2. The summed E-state index contributed by atoms with van der Waals surface area (Å²) >= 11 is 0. The number of amides is 2. The molecule has 166 valence electrons. The number of hydrogen-bond acceptors (Lipinski definition) is 7. The Morgan fingerprint density at radius 2 is 1.93 bits per heavy atom. The summed E-state index contributed by atoms with van der Waals surface area (Å²) in [5.41, 5.74) is -0.120. The molecular formula is C20H30N4O6. The number of nitro groups is 1. The monoisotopic (exact) mass is 422 g/mol. The number of piperidine rings is 1. The van der Waals surface area contributed by atoms with Crippen LogP contribution in [0.25, 0.3) is 0 Å². The van der Waals surface area contributed by atoms with E-state index in [4.69, 9.17) is 9.47 Å². The first-order valence-electron chi connectivity index (χ1n) is 9.90. The first kappa shape index (κ1) is 23.4. The molecule has 2 N–H and O–H groups in total. The smallest absolute Gasteiger partial charge is 0.407 e. The summed E-state index contributed by atoms with van der Waals surface area (Å²) in [5.74, 6) is -0.266. The lowest BCUT2D eigenvalue weighted by Crippen LogP contribution is -2.47. The topological polar surface area (TPSA) is 123 Å². The molecule has 0 saturated carbocycles. The third-order valence-corrected chi connectivity index (χ3v) is 4.57. The maximum absolute atomic E-state index is 12.8. The van der Waals surface area contributed by atoms with Crippen molar-refractivity contribution in [2.24, 2.45) is 0 Å². The van der Waals surface area contributed by atoms with Crippen LogP contribution < -0.4 is 10.6 Å². The highest BCUT2D eigenvalue weighted by Gasteiger charge is 2.27. The quantitative estimate of drug-likeness (QED) is 0.393. The summed E-state index contributed by atoms with van der Waals surface area (Å²) in [6.45, 7) is 7.11. The van der Waals surface area contributed by atoms with Crippen molar-refractivity contribution in [1.82, 2.24) is 10.2 Å². The van der Waals surface area contributed by atoms with Crippen molar-refractivity contribution in [1.29, 1.82) is 0 Å². The van der Waals surface area contributed by atoms with E-state index in [0.717, 1.165) is 0 Å². The van der Waals surface area contributed by atoms with Crippen molar-refractivity contribution in [2.45, 2.75) is 45.3 Å². The fraction of sp³-hybridized carbons (Fsp3) is 0.600. The van der Waals surface area contributed by atoms with Crippen molar-refractivity contribution in [3.63, 3.8) is 0 Å². The van der Waals surface area contributed by atoms with Crippen LogP contribution in [0.15, 0.2) is 18.2 Å². The number of anilines is 1. The van der Waals surface area contributed by atoms with Gasteiger partial charge >= 0.3 is 6.09 Å². The molecule has 30 heavy (non-hydrogen) atoms. The number of nitrogens with zero attached hydrogens (tertiary/aromatic N) is 2. The number of alkyl carbamates (subject to hydrolysis) is 1. The van der Waals surface area contributed by atoms with Gasteiger partial charge in [-0.2, -0.15) is 0 Å². The summed E-state index contributed by atoms with van der Waals surface area (Å²) in [7, 11) is 1.55. The van der Waals surface area contributed by atoms with Crippen molar-refractivity contribution in [2.75, 3.05) is 38.7 Å². The van der Waals surface area contributed by atoms with E-state index in [0.29, 0.717) is 44.8 Å². The number of carbonyl (C=O) groups excluding carboxylic acids is 2. The second-order valence-electron chi connectivity index (χ2n) is 8.12. The molecule has 0 aromatic heterocycles. The number of hydrogen-bond donors (Lipinski definition) is 2. The van der Waals surface area contributed by atoms with Gasteiger partial charge in [0.15, 0.2) is 0 Å². The molecule has 0 radical (unpaired) electrons. The Balaban J connectivity index is 1.96. The first-order chi connectivity index (χ1) is 14.1. The van der Waals surface area contributed by atoms with E-state index in [1.807, 2.05) is 0 Å². The molecule has 2 amide bonds. The van der Waals surface area contributed by atoms with Gasteiger partial charge in [-0.25, -0.2) is 4.79 Å². The zero-order valence-corrected chi connectivity index (χ0v) is 17.9. The zero-order chi connectivity index (χ0) is 22.3. The van der Waals surface area contributed by atoms with E-state index in [1.165, 1.54) is 12.1 Å². The highest BCUT2D eigenvalue weighted by molar-refractivity contribution is 5.95. The van der Waals surface area contributed by atoms with Crippen LogP contribution in [0.1, 0.15) is 44.0 Å². The van der Waals surface area contributed by atoms with E-state index in [1.54, 1.807) is 38.8 Å². The normalized spacial score (nSPS) is 14.9. The highest BCUT2D eigenvalue weighted by Crippen LogP contribution is 2.26. The van der Waals surface area contributed by atoms with Gasteiger partial charge in [-0.3, -0.25) is 14.9 Å². The van der Waals surface area contributed by atoms with Crippen molar-refractivity contribution >= 4 is 23.4 Å². The minimum Gasteiger partial charge on any atom is -0.444 e. The molecule has 2 rings (SSSR count). The minimum atomic E-state index is -0.569. The van der Waals surface area contributed by atoms with Gasteiger partial charge in [0, 0.05) is 44.4 Å². The fourth-order valence-electron chi connectivity index (χ4n) is 3.14. The van der Waals surface area contributed by atoms with Crippen molar-refractivity contribution in [3.8, 4) is 0 Å². The van der Waals surface area contributed by atoms with Gasteiger partial charge in [-0.1, -0.05) is 0 Å². The molecule has 0 spiro atoms. The third kappa shape index (κ3) is 6.87. The summed E-state index contributed by atoms with van der Waals surface area (Å²) in [4.78, 5) is 37.3. The third-order valence-electron chi connectivity index (χ3n) is 4.57. The van der Waals surface area contributed by atoms with Crippen LogP contribution in [0.2, 0.25) is 0 Å². The summed E-state index contributed by atoms with van der Waals surface area (Å²) < 4.78 is 10.2. The van der Waals surface area contributed by atoms with Gasteiger partial charge in [-0.15, -0.1) is 0 Å².